The van der Waals surface area contributed by atoms with Gasteiger partial charge in [-0.3, -0.25) is 10.1 Å². The molecule has 18 heavy (non-hydrogen) atoms. The van der Waals surface area contributed by atoms with E-state index in [9.17, 15) is 10.1 Å². The Morgan fingerprint density at radius 2 is 2.17 bits per heavy atom. The molecule has 0 radical (unpaired) electrons. The van der Waals surface area contributed by atoms with E-state index in [-0.39, 0.29) is 22.8 Å². The molecule has 2 N–H and O–H groups in total. The largest absolute Gasteiger partial charge is 0.376 e. The Kier molecular flexibility index (Phi) is 4.28. The lowest BCUT2D eigenvalue weighted by atomic mass is 10.1. The zero-order valence-corrected chi connectivity index (χ0v) is 10.2. The molecule has 1 aromatic carbocycles. The second-order valence-corrected chi connectivity index (χ2v) is 4.64. The lowest BCUT2D eigenvalue weighted by Crippen LogP contribution is -2.31. The third kappa shape index (κ3) is 3.05. The number of ether oxygens (including phenoxy) is 1. The first-order chi connectivity index (χ1) is 8.68. The molecule has 1 aliphatic carbocycles. The van der Waals surface area contributed by atoms with Crippen molar-refractivity contribution >= 4 is 5.69 Å². The molecule has 0 aliphatic heterocycles. The average Bonchev–Trinajstić information content (AvgIpc) is 2.76. The molecule has 0 bridgehead atoms. The number of nitrogens with two attached hydrogens (primary N) is 1. The van der Waals surface area contributed by atoms with Crippen molar-refractivity contribution in [2.24, 2.45) is 5.73 Å². The lowest BCUT2D eigenvalue weighted by Gasteiger charge is -2.16. The third-order valence-corrected chi connectivity index (χ3v) is 3.40. The van der Waals surface area contributed by atoms with Crippen LogP contribution in [0.5, 0.6) is 0 Å². The Morgan fingerprint density at radius 1 is 1.39 bits per heavy atom. The highest BCUT2D eigenvalue weighted by molar-refractivity contribution is 5.39. The summed E-state index contributed by atoms with van der Waals surface area (Å²) in [5.41, 5.74) is 6.78. The fourth-order valence-corrected chi connectivity index (χ4v) is 2.38. The van der Waals surface area contributed by atoms with Crippen LogP contribution >= 0.6 is 0 Å². The van der Waals surface area contributed by atoms with E-state index in [0.29, 0.717) is 18.6 Å². The smallest absolute Gasteiger partial charge is 0.272 e. The average molecular weight is 250 g/mol. The van der Waals surface area contributed by atoms with Crippen molar-refractivity contribution in [2.45, 2.75) is 37.8 Å². The normalized spacial score (nSPS) is 23.2. The summed E-state index contributed by atoms with van der Waals surface area (Å²) >= 11 is 0. The van der Waals surface area contributed by atoms with Crippen LogP contribution in [-0.2, 0) is 11.2 Å². The number of nitro benzene ring substituents is 1. The number of para-hydroxylation sites is 1. The molecular weight excluding hydrogens is 232 g/mol. The van der Waals surface area contributed by atoms with Crippen LogP contribution in [0.25, 0.3) is 0 Å². The first kappa shape index (κ1) is 13.0. The molecule has 0 heterocycles. The van der Waals surface area contributed by atoms with E-state index in [4.69, 9.17) is 10.5 Å². The Balaban J connectivity index is 1.88. The van der Waals surface area contributed by atoms with Gasteiger partial charge in [-0.2, -0.15) is 0 Å². The van der Waals surface area contributed by atoms with Crippen molar-refractivity contribution in [3.63, 3.8) is 0 Å². The molecule has 5 heteroatoms. The third-order valence-electron chi connectivity index (χ3n) is 3.40. The van der Waals surface area contributed by atoms with Crippen LogP contribution in [0.15, 0.2) is 24.3 Å². The Labute approximate surface area is 106 Å². The molecular formula is C13H18N2O3. The minimum absolute atomic E-state index is 0.118. The van der Waals surface area contributed by atoms with E-state index in [0.717, 1.165) is 19.3 Å². The first-order valence-electron chi connectivity index (χ1n) is 6.28. The molecule has 5 nitrogen and oxygen atoms in total. The van der Waals surface area contributed by atoms with Gasteiger partial charge in [0.05, 0.1) is 17.6 Å². The number of hydrogen-bond acceptors (Lipinski definition) is 4. The van der Waals surface area contributed by atoms with Gasteiger partial charge in [-0.25, -0.2) is 0 Å². The molecule has 1 aliphatic rings. The molecule has 0 aromatic heterocycles. The molecule has 2 unspecified atom stereocenters. The van der Waals surface area contributed by atoms with Gasteiger partial charge in [-0.1, -0.05) is 18.2 Å². The van der Waals surface area contributed by atoms with E-state index in [2.05, 4.69) is 0 Å². The fourth-order valence-electron chi connectivity index (χ4n) is 2.38. The van der Waals surface area contributed by atoms with E-state index in [1.807, 2.05) is 6.07 Å². The van der Waals surface area contributed by atoms with Gasteiger partial charge in [0, 0.05) is 24.1 Å². The first-order valence-corrected chi connectivity index (χ1v) is 6.28. The second-order valence-electron chi connectivity index (χ2n) is 4.64. The number of hydrogen-bond donors (Lipinski definition) is 1. The van der Waals surface area contributed by atoms with Crippen LogP contribution in [0.2, 0.25) is 0 Å². The molecule has 0 spiro atoms. The monoisotopic (exact) mass is 250 g/mol. The molecule has 1 aromatic rings. The van der Waals surface area contributed by atoms with Gasteiger partial charge in [-0.05, 0) is 19.3 Å². The maximum absolute atomic E-state index is 10.8. The predicted octanol–water partition coefficient (Wildman–Crippen LogP) is 2.03. The highest BCUT2D eigenvalue weighted by Crippen LogP contribution is 2.22. The Hall–Kier alpha value is -1.46. The maximum Gasteiger partial charge on any atom is 0.272 e. The summed E-state index contributed by atoms with van der Waals surface area (Å²) in [5, 5.41) is 10.8. The van der Waals surface area contributed by atoms with Crippen LogP contribution < -0.4 is 5.73 Å². The summed E-state index contributed by atoms with van der Waals surface area (Å²) in [7, 11) is 0. The summed E-state index contributed by atoms with van der Waals surface area (Å²) in [6.45, 7) is 0.489. The topological polar surface area (TPSA) is 78.4 Å². The molecule has 0 amide bonds. The molecule has 1 fully saturated rings. The number of nitro groups is 1. The summed E-state index contributed by atoms with van der Waals surface area (Å²) in [4.78, 5) is 10.5. The van der Waals surface area contributed by atoms with E-state index >= 15 is 0 Å². The quantitative estimate of drug-likeness (QED) is 0.640. The number of benzene rings is 1. The summed E-state index contributed by atoms with van der Waals surface area (Å²) in [6.07, 6.45) is 3.79. The standard InChI is InChI=1S/C13H18N2O3/c14-11-5-3-7-13(11)18-9-8-10-4-1-2-6-12(10)15(16)17/h1-2,4,6,11,13H,3,5,7-9,14H2. The van der Waals surface area contributed by atoms with Gasteiger partial charge in [0.15, 0.2) is 0 Å². The fraction of sp³-hybridized carbons (Fsp3) is 0.538. The Morgan fingerprint density at radius 3 is 2.83 bits per heavy atom. The van der Waals surface area contributed by atoms with Crippen molar-refractivity contribution in [3.8, 4) is 0 Å². The van der Waals surface area contributed by atoms with Gasteiger partial charge in [-0.15, -0.1) is 0 Å². The van der Waals surface area contributed by atoms with Gasteiger partial charge >= 0.3 is 0 Å². The van der Waals surface area contributed by atoms with Crippen molar-refractivity contribution < 1.29 is 9.66 Å². The van der Waals surface area contributed by atoms with Crippen molar-refractivity contribution in [1.82, 2.24) is 0 Å². The number of nitrogens with zero attached hydrogens (tertiary/aromatic N) is 1. The Bertz CT molecular complexity index is 422. The van der Waals surface area contributed by atoms with E-state index in [1.165, 1.54) is 6.07 Å². The molecule has 2 atom stereocenters. The minimum Gasteiger partial charge on any atom is -0.376 e. The van der Waals surface area contributed by atoms with E-state index in [1.54, 1.807) is 12.1 Å². The summed E-state index contributed by atoms with van der Waals surface area (Å²) < 4.78 is 5.71. The molecule has 1 saturated carbocycles. The van der Waals surface area contributed by atoms with Crippen molar-refractivity contribution in [2.75, 3.05) is 6.61 Å². The molecule has 0 saturated heterocycles. The molecule has 98 valence electrons. The van der Waals surface area contributed by atoms with Crippen LogP contribution in [0.3, 0.4) is 0 Å². The predicted molar refractivity (Wildman–Crippen MR) is 68.4 cm³/mol. The zero-order valence-electron chi connectivity index (χ0n) is 10.2. The van der Waals surface area contributed by atoms with Crippen LogP contribution in [0.4, 0.5) is 5.69 Å². The van der Waals surface area contributed by atoms with Crippen LogP contribution in [-0.4, -0.2) is 23.7 Å². The minimum atomic E-state index is -0.351. The van der Waals surface area contributed by atoms with Gasteiger partial charge in [0.1, 0.15) is 0 Å². The molecule has 2 rings (SSSR count). The highest BCUT2D eigenvalue weighted by Gasteiger charge is 2.24. The summed E-state index contributed by atoms with van der Waals surface area (Å²) in [5.74, 6) is 0. The number of rotatable bonds is 5. The van der Waals surface area contributed by atoms with Crippen molar-refractivity contribution in [1.29, 1.82) is 0 Å². The van der Waals surface area contributed by atoms with Crippen LogP contribution in [0.1, 0.15) is 24.8 Å². The second kappa shape index (κ2) is 5.93. The summed E-state index contributed by atoms with van der Waals surface area (Å²) in [6, 6.07) is 6.90. The lowest BCUT2D eigenvalue weighted by molar-refractivity contribution is -0.385. The van der Waals surface area contributed by atoms with Gasteiger partial charge in [0.2, 0.25) is 0 Å². The maximum atomic E-state index is 10.8. The zero-order chi connectivity index (χ0) is 13.0. The van der Waals surface area contributed by atoms with Gasteiger partial charge < -0.3 is 10.5 Å². The van der Waals surface area contributed by atoms with Crippen LogP contribution in [0, 0.1) is 10.1 Å². The van der Waals surface area contributed by atoms with Crippen molar-refractivity contribution in [3.05, 3.63) is 39.9 Å². The van der Waals surface area contributed by atoms with E-state index < -0.39 is 0 Å². The SMILES string of the molecule is NC1CCCC1OCCc1ccccc1[N+](=O)[O-]. The van der Waals surface area contributed by atoms with Gasteiger partial charge in [0.25, 0.3) is 5.69 Å². The highest BCUT2D eigenvalue weighted by atomic mass is 16.6.